The molecule has 2 aromatic carbocycles. The van der Waals surface area contributed by atoms with Crippen LogP contribution >= 0.6 is 12.4 Å². The third-order valence-electron chi connectivity index (χ3n) is 10.6. The lowest BCUT2D eigenvalue weighted by atomic mass is 9.76. The normalized spacial score (nSPS) is 20.8. The molecule has 0 aromatic heterocycles. The number of anilines is 2. The zero-order chi connectivity index (χ0) is 40.7. The average molecular weight is 803 g/mol. The van der Waals surface area contributed by atoms with Crippen LogP contribution in [0, 0.1) is 13.8 Å². The van der Waals surface area contributed by atoms with E-state index in [1.807, 2.05) is 65.8 Å². The van der Waals surface area contributed by atoms with Crippen molar-refractivity contribution >= 4 is 55.0 Å². The summed E-state index contributed by atoms with van der Waals surface area (Å²) in [6.45, 7) is 19.7. The third kappa shape index (κ3) is 11.0. The summed E-state index contributed by atoms with van der Waals surface area (Å²) in [4.78, 5) is 13.5. The van der Waals surface area contributed by atoms with E-state index in [4.69, 9.17) is 24.4 Å². The predicted molar refractivity (Wildman–Crippen MR) is 207 cm³/mol. The minimum absolute atomic E-state index is 0. The third-order valence-corrected chi connectivity index (χ3v) is 10.6. The van der Waals surface area contributed by atoms with Crippen LogP contribution in [0.1, 0.15) is 66.5 Å². The van der Waals surface area contributed by atoms with Crippen molar-refractivity contribution in [1.82, 2.24) is 10.2 Å². The molecule has 0 radical (unpaired) electrons. The Hall–Kier alpha value is -3.21. The summed E-state index contributed by atoms with van der Waals surface area (Å²) in [5.74, 6) is 0. The summed E-state index contributed by atoms with van der Waals surface area (Å²) in [6.07, 6.45) is -6.34. The van der Waals surface area contributed by atoms with Crippen LogP contribution in [-0.4, -0.2) is 86.1 Å². The van der Waals surface area contributed by atoms with E-state index in [0.717, 1.165) is 38.7 Å². The van der Waals surface area contributed by atoms with Crippen LogP contribution < -0.4 is 27.3 Å². The number of nitrogen functional groups attached to an aromatic ring is 1. The van der Waals surface area contributed by atoms with Crippen molar-refractivity contribution in [2.45, 2.75) is 104 Å². The number of urea groups is 1. The van der Waals surface area contributed by atoms with Crippen molar-refractivity contribution in [2.75, 3.05) is 37.2 Å². The molecule has 18 heteroatoms. The van der Waals surface area contributed by atoms with Crippen LogP contribution in [0.25, 0.3) is 0 Å². The molecule has 4 aliphatic heterocycles. The Morgan fingerprint density at radius 3 is 1.60 bits per heavy atom. The first kappa shape index (κ1) is 46.2. The van der Waals surface area contributed by atoms with Gasteiger partial charge in [-0.15, -0.1) is 12.4 Å². The molecule has 2 aromatic rings. The molecule has 0 bridgehead atoms. The number of amides is 2. The summed E-state index contributed by atoms with van der Waals surface area (Å²) in [5, 5.41) is 5.23. The molecule has 4 heterocycles. The van der Waals surface area contributed by atoms with Crippen LogP contribution in [0.4, 0.5) is 42.5 Å². The van der Waals surface area contributed by atoms with E-state index >= 15 is 0 Å². The number of aryl methyl sites for hydroxylation is 2. The highest BCUT2D eigenvalue weighted by atomic mass is 35.5. The van der Waals surface area contributed by atoms with Gasteiger partial charge in [0.1, 0.15) is 0 Å². The molecule has 0 aliphatic carbocycles. The first-order valence-electron chi connectivity index (χ1n) is 17.6. The Labute approximate surface area is 326 Å². The Bertz CT molecular complexity index is 1740. The van der Waals surface area contributed by atoms with Gasteiger partial charge in [-0.3, -0.25) is 0 Å². The van der Waals surface area contributed by atoms with Crippen LogP contribution in [0.5, 0.6) is 0 Å². The Morgan fingerprint density at radius 1 is 0.745 bits per heavy atom. The predicted octanol–water partition coefficient (Wildman–Crippen LogP) is 7.01. The summed E-state index contributed by atoms with van der Waals surface area (Å²) >= 11 is 0. The van der Waals surface area contributed by atoms with Crippen molar-refractivity contribution in [3.8, 4) is 0 Å². The second kappa shape index (κ2) is 16.7. The lowest BCUT2D eigenvalue weighted by molar-refractivity contribution is -0.0934. The maximum atomic E-state index is 12.8. The van der Waals surface area contributed by atoms with E-state index in [2.05, 4.69) is 38.3 Å². The Morgan fingerprint density at radius 2 is 1.20 bits per heavy atom. The topological polar surface area (TPSA) is 107 Å². The fourth-order valence-corrected chi connectivity index (χ4v) is 5.63. The maximum Gasteiger partial charge on any atom is 0.495 e. The Balaban J connectivity index is 0.000000254. The van der Waals surface area contributed by atoms with E-state index in [1.165, 1.54) is 6.08 Å². The minimum Gasteiger partial charge on any atom is -0.399 e. The van der Waals surface area contributed by atoms with Gasteiger partial charge in [0.25, 0.3) is 0 Å². The zero-order valence-corrected chi connectivity index (χ0v) is 33.7. The molecule has 2 saturated heterocycles. The largest absolute Gasteiger partial charge is 0.495 e. The number of benzene rings is 2. The second-order valence-corrected chi connectivity index (χ2v) is 15.8. The molecule has 55 heavy (non-hydrogen) atoms. The van der Waals surface area contributed by atoms with Crippen LogP contribution in [-0.2, 0) is 18.6 Å². The van der Waals surface area contributed by atoms with Gasteiger partial charge in [-0.25, -0.2) is 4.79 Å². The van der Waals surface area contributed by atoms with E-state index < -0.39 is 54.4 Å². The van der Waals surface area contributed by atoms with Gasteiger partial charge < -0.3 is 39.9 Å². The van der Waals surface area contributed by atoms with Crippen LogP contribution in [0.3, 0.4) is 0 Å². The summed E-state index contributed by atoms with van der Waals surface area (Å²) in [6, 6.07) is 10.5. The molecule has 0 unspecified atom stereocenters. The molecular formula is C37H51B2ClF6N4O5. The van der Waals surface area contributed by atoms with Crippen LogP contribution in [0.2, 0.25) is 0 Å². The lowest BCUT2D eigenvalue weighted by Gasteiger charge is -2.32. The standard InChI is InChI=1S/C19H24BF3N2O3.C13H20BNO2.C5H6F3N.ClH/c1-12-6-7-14(10-15(12)20-27-17(2,3)18(4,5)28-20)24-16(26)25-9-8-13(11-25)19(21,22)23;1-9-6-7-10(15)8-11(9)14-16-12(2,3)13(4,5)17-14;6-5(7,8)4-1-2-9-3-4;/h6-8,10H,9,11H2,1-5H3,(H,24,26);6-8H,15H2,1-5H3;1,9H,2-3H2;1H. The van der Waals surface area contributed by atoms with Gasteiger partial charge in [-0.1, -0.05) is 35.4 Å². The van der Waals surface area contributed by atoms with E-state index in [9.17, 15) is 31.1 Å². The highest BCUT2D eigenvalue weighted by molar-refractivity contribution is 6.63. The molecule has 9 nitrogen and oxygen atoms in total. The Kier molecular flexibility index (Phi) is 14.0. The number of nitrogens with two attached hydrogens (primary N) is 1. The molecular weight excluding hydrogens is 751 g/mol. The SMILES string of the molecule is Cc1ccc(N)cc1B1OC(C)(C)C(C)(C)O1.Cc1ccc(NC(=O)N2CC=C(C(F)(F)F)C2)cc1B1OC(C)(C)C(C)(C)O1.Cl.FC(F)(F)C1=CCNC1. The number of hydrogen-bond acceptors (Lipinski definition) is 7. The number of carbonyl (C=O) groups excluding carboxylic acids is 1. The summed E-state index contributed by atoms with van der Waals surface area (Å²) in [5.41, 5.74) is 8.10. The molecule has 0 saturated carbocycles. The van der Waals surface area contributed by atoms with Crippen LogP contribution in [0.15, 0.2) is 59.7 Å². The van der Waals surface area contributed by atoms with Gasteiger partial charge in [0, 0.05) is 36.6 Å². The first-order valence-corrected chi connectivity index (χ1v) is 17.6. The minimum atomic E-state index is -4.41. The van der Waals surface area contributed by atoms with Gasteiger partial charge in [0.15, 0.2) is 0 Å². The molecule has 2 fully saturated rings. The van der Waals surface area contributed by atoms with E-state index in [-0.39, 0.29) is 43.8 Å². The number of alkyl halides is 6. The highest BCUT2D eigenvalue weighted by Crippen LogP contribution is 2.38. The number of nitrogens with zero attached hydrogens (tertiary/aromatic N) is 1. The molecule has 4 N–H and O–H groups in total. The smallest absolute Gasteiger partial charge is 0.399 e. The number of halogens is 7. The number of rotatable bonds is 3. The van der Waals surface area contributed by atoms with Gasteiger partial charge in [-0.2, -0.15) is 26.3 Å². The fourth-order valence-electron chi connectivity index (χ4n) is 5.63. The first-order chi connectivity index (χ1) is 24.6. The lowest BCUT2D eigenvalue weighted by Crippen LogP contribution is -2.41. The van der Waals surface area contributed by atoms with Crippen molar-refractivity contribution in [3.05, 3.63) is 70.8 Å². The van der Waals surface area contributed by atoms with Gasteiger partial charge in [0.05, 0.1) is 34.5 Å². The van der Waals surface area contributed by atoms with E-state index in [0.29, 0.717) is 12.2 Å². The molecule has 0 spiro atoms. The average Bonchev–Trinajstić information content (AvgIpc) is 3.82. The number of hydrogen-bond donors (Lipinski definition) is 3. The van der Waals surface area contributed by atoms with Crippen molar-refractivity contribution < 1.29 is 49.8 Å². The second-order valence-electron chi connectivity index (χ2n) is 15.8. The highest BCUT2D eigenvalue weighted by Gasteiger charge is 2.53. The van der Waals surface area contributed by atoms with Gasteiger partial charge in [0.2, 0.25) is 0 Å². The quantitative estimate of drug-likeness (QED) is 0.133. The molecule has 6 rings (SSSR count). The van der Waals surface area contributed by atoms with Gasteiger partial charge in [-0.05, 0) is 104 Å². The zero-order valence-electron chi connectivity index (χ0n) is 32.8. The monoisotopic (exact) mass is 802 g/mol. The number of nitrogens with one attached hydrogen (secondary N) is 2. The maximum absolute atomic E-state index is 12.8. The van der Waals surface area contributed by atoms with Crippen molar-refractivity contribution in [1.29, 1.82) is 0 Å². The molecule has 0 atom stereocenters. The fraction of sp³-hybridized carbons (Fsp3) is 0.541. The van der Waals surface area contributed by atoms with Gasteiger partial charge >= 0.3 is 32.6 Å². The summed E-state index contributed by atoms with van der Waals surface area (Å²) in [7, 11) is -0.921. The molecule has 2 amide bonds. The van der Waals surface area contributed by atoms with Crippen molar-refractivity contribution in [3.63, 3.8) is 0 Å². The number of carbonyl (C=O) groups is 1. The molecule has 4 aliphatic rings. The molecule has 304 valence electrons. The summed E-state index contributed by atoms with van der Waals surface area (Å²) < 4.78 is 97.4. The van der Waals surface area contributed by atoms with E-state index in [1.54, 1.807) is 12.1 Å². The van der Waals surface area contributed by atoms with Crippen molar-refractivity contribution in [2.24, 2.45) is 0 Å².